The molecule has 0 saturated carbocycles. The molecule has 4 rings (SSSR count). The lowest BCUT2D eigenvalue weighted by Gasteiger charge is -2.06. The normalized spacial score (nSPS) is 11.1. The average molecular weight is 484 g/mol. The number of carbonyl (C=O) groups excluding carboxylic acids is 1. The number of halogens is 2. The molecule has 150 valence electrons. The molecule has 0 radical (unpaired) electrons. The van der Waals surface area contributed by atoms with Crippen molar-refractivity contribution in [3.63, 3.8) is 0 Å². The molecule has 0 atom stereocenters. The third-order valence-corrected chi connectivity index (χ3v) is 5.03. The van der Waals surface area contributed by atoms with Gasteiger partial charge in [0.1, 0.15) is 17.9 Å². The minimum Gasteiger partial charge on any atom is -0.489 e. The van der Waals surface area contributed by atoms with E-state index < -0.39 is 5.91 Å². The maximum absolute atomic E-state index is 12.2. The van der Waals surface area contributed by atoms with Gasteiger partial charge in [-0.2, -0.15) is 5.10 Å². The number of rotatable bonds is 6. The number of nitrogens with one attached hydrogen (secondary N) is 1. The van der Waals surface area contributed by atoms with Crippen LogP contribution in [0, 0.1) is 0 Å². The number of amides is 1. The molecule has 30 heavy (non-hydrogen) atoms. The number of hydrogen-bond donors (Lipinski definition) is 1. The summed E-state index contributed by atoms with van der Waals surface area (Å²) in [7, 11) is 0. The van der Waals surface area contributed by atoms with Crippen LogP contribution in [-0.2, 0) is 6.61 Å². The summed E-state index contributed by atoms with van der Waals surface area (Å²) in [6.45, 7) is 0.453. The van der Waals surface area contributed by atoms with Crippen molar-refractivity contribution in [3.05, 3.63) is 99.2 Å². The number of furan rings is 1. The quantitative estimate of drug-likeness (QED) is 0.263. The number of carbonyl (C=O) groups is 1. The topological polar surface area (TPSA) is 63.8 Å². The Balaban J connectivity index is 1.32. The predicted molar refractivity (Wildman–Crippen MR) is 121 cm³/mol. The summed E-state index contributed by atoms with van der Waals surface area (Å²) in [6.07, 6.45) is 1.56. The maximum Gasteiger partial charge on any atom is 0.307 e. The second kappa shape index (κ2) is 9.15. The zero-order chi connectivity index (χ0) is 20.9. The molecule has 0 aliphatic rings. The van der Waals surface area contributed by atoms with Crippen LogP contribution in [0.25, 0.3) is 11.0 Å². The summed E-state index contributed by atoms with van der Waals surface area (Å²) < 4.78 is 12.2. The molecule has 3 aromatic carbocycles. The van der Waals surface area contributed by atoms with Gasteiger partial charge in [0.15, 0.2) is 5.76 Å². The van der Waals surface area contributed by atoms with Crippen LogP contribution < -0.4 is 10.2 Å². The highest BCUT2D eigenvalue weighted by atomic mass is 79.9. The van der Waals surface area contributed by atoms with Crippen LogP contribution in [0.5, 0.6) is 5.75 Å². The molecule has 1 aromatic heterocycles. The van der Waals surface area contributed by atoms with E-state index in [4.69, 9.17) is 20.8 Å². The van der Waals surface area contributed by atoms with E-state index in [-0.39, 0.29) is 5.76 Å². The Hall–Kier alpha value is -3.09. The van der Waals surface area contributed by atoms with E-state index in [1.165, 1.54) is 0 Å². The molecule has 0 unspecified atom stereocenters. The van der Waals surface area contributed by atoms with Crippen LogP contribution in [0.3, 0.4) is 0 Å². The SMILES string of the molecule is O=C(N/N=C/c1ccc(OCc2ccc(Cl)cc2)cc1)c1cc2cc(Br)ccc2o1. The monoisotopic (exact) mass is 482 g/mol. The number of ether oxygens (including phenoxy) is 1. The van der Waals surface area contributed by atoms with Gasteiger partial charge < -0.3 is 9.15 Å². The van der Waals surface area contributed by atoms with Crippen molar-refractivity contribution in [2.24, 2.45) is 5.10 Å². The molecule has 7 heteroatoms. The van der Waals surface area contributed by atoms with Crippen molar-refractivity contribution in [2.45, 2.75) is 6.61 Å². The molecule has 1 amide bonds. The second-order valence-electron chi connectivity index (χ2n) is 6.48. The first-order valence-corrected chi connectivity index (χ1v) is 10.2. The molecule has 5 nitrogen and oxygen atoms in total. The van der Waals surface area contributed by atoms with Gasteiger partial charge in [-0.25, -0.2) is 5.43 Å². The Morgan fingerprint density at radius 1 is 1.07 bits per heavy atom. The minimum atomic E-state index is -0.415. The number of hydrazone groups is 1. The Morgan fingerprint density at radius 3 is 2.60 bits per heavy atom. The Kier molecular flexibility index (Phi) is 6.16. The molecule has 4 aromatic rings. The molecular formula is C23H16BrClN2O3. The number of benzene rings is 3. The molecular weight excluding hydrogens is 468 g/mol. The molecule has 1 heterocycles. The van der Waals surface area contributed by atoms with E-state index in [1.54, 1.807) is 18.3 Å². The first-order valence-electron chi connectivity index (χ1n) is 9.07. The Bertz CT molecular complexity index is 1200. The molecule has 0 aliphatic carbocycles. The third kappa shape index (κ3) is 5.09. The smallest absolute Gasteiger partial charge is 0.307 e. The van der Waals surface area contributed by atoms with E-state index in [9.17, 15) is 4.79 Å². The first-order chi connectivity index (χ1) is 14.6. The van der Waals surface area contributed by atoms with Gasteiger partial charge in [0, 0.05) is 14.9 Å². The van der Waals surface area contributed by atoms with Crippen LogP contribution in [0.15, 0.2) is 86.8 Å². The highest BCUT2D eigenvalue weighted by Gasteiger charge is 2.11. The maximum atomic E-state index is 12.2. The highest BCUT2D eigenvalue weighted by Crippen LogP contribution is 2.23. The summed E-state index contributed by atoms with van der Waals surface area (Å²) in [4.78, 5) is 12.2. The molecule has 0 aliphatic heterocycles. The lowest BCUT2D eigenvalue weighted by Crippen LogP contribution is -2.16. The van der Waals surface area contributed by atoms with Gasteiger partial charge in [-0.05, 0) is 71.8 Å². The summed E-state index contributed by atoms with van der Waals surface area (Å²) in [6, 6.07) is 22.1. The van der Waals surface area contributed by atoms with Crippen molar-refractivity contribution in [1.29, 1.82) is 0 Å². The predicted octanol–water partition coefficient (Wildman–Crippen LogP) is 6.19. The van der Waals surface area contributed by atoms with Gasteiger partial charge in [-0.3, -0.25) is 4.79 Å². The Labute approximate surface area is 186 Å². The zero-order valence-electron chi connectivity index (χ0n) is 15.6. The van der Waals surface area contributed by atoms with Gasteiger partial charge >= 0.3 is 5.91 Å². The number of fused-ring (bicyclic) bond motifs is 1. The summed E-state index contributed by atoms with van der Waals surface area (Å²) >= 11 is 9.28. The van der Waals surface area contributed by atoms with Crippen molar-refractivity contribution in [2.75, 3.05) is 0 Å². The minimum absolute atomic E-state index is 0.200. The van der Waals surface area contributed by atoms with Gasteiger partial charge in [-0.1, -0.05) is 39.7 Å². The van der Waals surface area contributed by atoms with Crippen LogP contribution in [0.4, 0.5) is 0 Å². The summed E-state index contributed by atoms with van der Waals surface area (Å²) in [5.41, 5.74) is 4.97. The van der Waals surface area contributed by atoms with Crippen LogP contribution >= 0.6 is 27.5 Å². The standard InChI is InChI=1S/C23H16BrClN2O3/c24-18-5-10-21-17(11-18)12-22(30-21)23(28)27-26-13-15-3-8-20(9-4-15)29-14-16-1-6-19(25)7-2-16/h1-13H,14H2,(H,27,28)/b26-13+. The lowest BCUT2D eigenvalue weighted by atomic mass is 10.2. The van der Waals surface area contributed by atoms with E-state index in [1.807, 2.05) is 60.7 Å². The van der Waals surface area contributed by atoms with E-state index in [0.717, 1.165) is 26.7 Å². The fraction of sp³-hybridized carbons (Fsp3) is 0.0435. The van der Waals surface area contributed by atoms with Crippen molar-refractivity contribution in [1.82, 2.24) is 5.43 Å². The first kappa shape index (κ1) is 20.2. The Morgan fingerprint density at radius 2 is 1.83 bits per heavy atom. The lowest BCUT2D eigenvalue weighted by molar-refractivity contribution is 0.0929. The molecule has 0 spiro atoms. The fourth-order valence-electron chi connectivity index (χ4n) is 2.74. The fourth-order valence-corrected chi connectivity index (χ4v) is 3.25. The zero-order valence-corrected chi connectivity index (χ0v) is 18.0. The van der Waals surface area contributed by atoms with Gasteiger partial charge in [0.25, 0.3) is 0 Å². The van der Waals surface area contributed by atoms with Crippen LogP contribution in [-0.4, -0.2) is 12.1 Å². The largest absolute Gasteiger partial charge is 0.489 e. The van der Waals surface area contributed by atoms with E-state index >= 15 is 0 Å². The number of hydrogen-bond acceptors (Lipinski definition) is 4. The molecule has 1 N–H and O–H groups in total. The van der Waals surface area contributed by atoms with Crippen LogP contribution in [0.1, 0.15) is 21.7 Å². The van der Waals surface area contributed by atoms with Crippen molar-refractivity contribution >= 4 is 50.6 Å². The van der Waals surface area contributed by atoms with Gasteiger partial charge in [0.2, 0.25) is 0 Å². The summed E-state index contributed by atoms with van der Waals surface area (Å²) in [5, 5.41) is 5.53. The highest BCUT2D eigenvalue weighted by molar-refractivity contribution is 9.10. The number of nitrogens with zero attached hydrogens (tertiary/aromatic N) is 1. The molecule has 0 bridgehead atoms. The third-order valence-electron chi connectivity index (χ3n) is 4.28. The molecule has 0 fully saturated rings. The van der Waals surface area contributed by atoms with Crippen molar-refractivity contribution in [3.8, 4) is 5.75 Å². The van der Waals surface area contributed by atoms with E-state index in [2.05, 4.69) is 26.5 Å². The van der Waals surface area contributed by atoms with Crippen molar-refractivity contribution < 1.29 is 13.9 Å². The second-order valence-corrected chi connectivity index (χ2v) is 7.83. The van der Waals surface area contributed by atoms with Crippen LogP contribution in [0.2, 0.25) is 5.02 Å². The summed E-state index contributed by atoms with van der Waals surface area (Å²) in [5.74, 6) is 0.521. The average Bonchev–Trinajstić information content (AvgIpc) is 3.17. The molecule has 0 saturated heterocycles. The van der Waals surface area contributed by atoms with Gasteiger partial charge in [0.05, 0.1) is 6.21 Å². The van der Waals surface area contributed by atoms with E-state index in [0.29, 0.717) is 17.2 Å². The van der Waals surface area contributed by atoms with Gasteiger partial charge in [-0.15, -0.1) is 0 Å².